The van der Waals surface area contributed by atoms with E-state index < -0.39 is 0 Å². The molecule has 2 aromatic carbocycles. The number of nitrogens with zero attached hydrogens (tertiary/aromatic N) is 1. The van der Waals surface area contributed by atoms with Gasteiger partial charge in [-0.15, -0.1) is 0 Å². The monoisotopic (exact) mass is 385 g/mol. The summed E-state index contributed by atoms with van der Waals surface area (Å²) in [6, 6.07) is 15.6. The highest BCUT2D eigenvalue weighted by Crippen LogP contribution is 2.37. The summed E-state index contributed by atoms with van der Waals surface area (Å²) in [5.41, 5.74) is 1.97. The van der Waals surface area contributed by atoms with Gasteiger partial charge in [0.15, 0.2) is 11.5 Å². The molecule has 1 fully saturated rings. The predicted octanol–water partition coefficient (Wildman–Crippen LogP) is 4.15. The average molecular weight is 386 g/mol. The number of hydrogen-bond acceptors (Lipinski definition) is 5. The SMILES string of the molecule is COc1cccc(/C=C2/SC(=S)N(CCc3ccccc3)C2=O)c1OC. The minimum absolute atomic E-state index is 0.0687. The maximum absolute atomic E-state index is 12.8. The van der Waals surface area contributed by atoms with Crippen LogP contribution in [0.15, 0.2) is 53.4 Å². The molecule has 3 rings (SSSR count). The molecule has 0 unspecified atom stereocenters. The number of carbonyl (C=O) groups is 1. The Kier molecular flexibility index (Phi) is 5.96. The smallest absolute Gasteiger partial charge is 0.266 e. The van der Waals surface area contributed by atoms with E-state index in [0.717, 1.165) is 12.0 Å². The van der Waals surface area contributed by atoms with Gasteiger partial charge in [-0.1, -0.05) is 66.4 Å². The van der Waals surface area contributed by atoms with E-state index in [9.17, 15) is 4.79 Å². The molecule has 0 saturated carbocycles. The number of ether oxygens (including phenoxy) is 2. The molecule has 0 bridgehead atoms. The van der Waals surface area contributed by atoms with Crippen molar-refractivity contribution >= 4 is 40.3 Å². The molecule has 2 aromatic rings. The quantitative estimate of drug-likeness (QED) is 0.552. The lowest BCUT2D eigenvalue weighted by Crippen LogP contribution is -2.30. The number of hydrogen-bond donors (Lipinski definition) is 0. The molecule has 0 aromatic heterocycles. The molecule has 1 aliphatic heterocycles. The van der Waals surface area contributed by atoms with Crippen LogP contribution in [0.3, 0.4) is 0 Å². The van der Waals surface area contributed by atoms with Gasteiger partial charge in [-0.2, -0.15) is 0 Å². The molecular formula is C20H19NO3S2. The summed E-state index contributed by atoms with van der Waals surface area (Å²) in [4.78, 5) is 15.0. The summed E-state index contributed by atoms with van der Waals surface area (Å²) >= 11 is 6.72. The summed E-state index contributed by atoms with van der Waals surface area (Å²) in [5, 5.41) is 0. The van der Waals surface area contributed by atoms with Gasteiger partial charge in [-0.05, 0) is 24.1 Å². The highest BCUT2D eigenvalue weighted by atomic mass is 32.2. The van der Waals surface area contributed by atoms with Crippen molar-refractivity contribution in [3.63, 3.8) is 0 Å². The predicted molar refractivity (Wildman–Crippen MR) is 110 cm³/mol. The van der Waals surface area contributed by atoms with E-state index in [2.05, 4.69) is 12.1 Å². The van der Waals surface area contributed by atoms with Gasteiger partial charge >= 0.3 is 0 Å². The third kappa shape index (κ3) is 3.92. The minimum atomic E-state index is -0.0687. The molecule has 0 spiro atoms. The Balaban J connectivity index is 1.79. The Morgan fingerprint density at radius 3 is 2.54 bits per heavy atom. The van der Waals surface area contributed by atoms with Crippen LogP contribution >= 0.6 is 24.0 Å². The van der Waals surface area contributed by atoms with E-state index in [1.807, 2.05) is 42.5 Å². The number of benzene rings is 2. The number of rotatable bonds is 6. The van der Waals surface area contributed by atoms with Gasteiger partial charge in [0.1, 0.15) is 4.32 Å². The van der Waals surface area contributed by atoms with E-state index in [4.69, 9.17) is 21.7 Å². The van der Waals surface area contributed by atoms with Gasteiger partial charge in [0.2, 0.25) is 0 Å². The first-order chi connectivity index (χ1) is 12.6. The first-order valence-electron chi connectivity index (χ1n) is 8.14. The molecule has 0 radical (unpaired) electrons. The number of para-hydroxylation sites is 1. The maximum atomic E-state index is 12.8. The number of thiocarbonyl (C=S) groups is 1. The van der Waals surface area contributed by atoms with Crippen molar-refractivity contribution in [2.24, 2.45) is 0 Å². The van der Waals surface area contributed by atoms with Crippen LogP contribution in [0.2, 0.25) is 0 Å². The van der Waals surface area contributed by atoms with Crippen molar-refractivity contribution in [3.8, 4) is 11.5 Å². The van der Waals surface area contributed by atoms with Crippen molar-refractivity contribution in [1.29, 1.82) is 0 Å². The molecule has 1 amide bonds. The second-order valence-corrected chi connectivity index (χ2v) is 7.33. The third-order valence-electron chi connectivity index (χ3n) is 4.06. The molecule has 134 valence electrons. The number of methoxy groups -OCH3 is 2. The molecule has 1 heterocycles. The van der Waals surface area contributed by atoms with Crippen LogP contribution in [0.1, 0.15) is 11.1 Å². The second kappa shape index (κ2) is 8.38. The Bertz CT molecular complexity index is 849. The van der Waals surface area contributed by atoms with E-state index >= 15 is 0 Å². The number of amides is 1. The standard InChI is InChI=1S/C20H19NO3S2/c1-23-16-10-6-9-15(18(16)24-2)13-17-19(22)21(20(25)26-17)12-11-14-7-4-3-5-8-14/h3-10,13H,11-12H2,1-2H3/b17-13+. The Labute approximate surface area is 162 Å². The largest absolute Gasteiger partial charge is 0.493 e. The average Bonchev–Trinajstić information content (AvgIpc) is 2.93. The van der Waals surface area contributed by atoms with Gasteiger partial charge in [0.25, 0.3) is 5.91 Å². The molecule has 6 heteroatoms. The van der Waals surface area contributed by atoms with Crippen LogP contribution in [0, 0.1) is 0 Å². The van der Waals surface area contributed by atoms with E-state index in [1.54, 1.807) is 19.1 Å². The summed E-state index contributed by atoms with van der Waals surface area (Å²) in [6.45, 7) is 0.571. The summed E-state index contributed by atoms with van der Waals surface area (Å²) < 4.78 is 11.3. The van der Waals surface area contributed by atoms with Crippen molar-refractivity contribution in [2.75, 3.05) is 20.8 Å². The summed E-state index contributed by atoms with van der Waals surface area (Å²) in [6.07, 6.45) is 2.58. The zero-order chi connectivity index (χ0) is 18.5. The normalized spacial score (nSPS) is 15.6. The molecule has 0 atom stereocenters. The molecular weight excluding hydrogens is 366 g/mol. The zero-order valence-corrected chi connectivity index (χ0v) is 16.2. The van der Waals surface area contributed by atoms with Gasteiger partial charge in [-0.25, -0.2) is 0 Å². The van der Waals surface area contributed by atoms with Crippen LogP contribution in [-0.4, -0.2) is 35.9 Å². The van der Waals surface area contributed by atoms with Crippen LogP contribution < -0.4 is 9.47 Å². The molecule has 1 aliphatic rings. The maximum Gasteiger partial charge on any atom is 0.266 e. The fraction of sp³-hybridized carbons (Fsp3) is 0.200. The number of thioether (sulfide) groups is 1. The Hall–Kier alpha value is -2.31. The highest BCUT2D eigenvalue weighted by Gasteiger charge is 2.31. The molecule has 0 N–H and O–H groups in total. The van der Waals surface area contributed by atoms with Crippen molar-refractivity contribution in [3.05, 3.63) is 64.6 Å². The van der Waals surface area contributed by atoms with Crippen LogP contribution in [0.5, 0.6) is 11.5 Å². The lowest BCUT2D eigenvalue weighted by atomic mass is 10.1. The van der Waals surface area contributed by atoms with Crippen molar-refractivity contribution in [1.82, 2.24) is 4.90 Å². The van der Waals surface area contributed by atoms with E-state index in [-0.39, 0.29) is 5.91 Å². The number of carbonyl (C=O) groups excluding carboxylic acids is 1. The van der Waals surface area contributed by atoms with E-state index in [1.165, 1.54) is 17.3 Å². The van der Waals surface area contributed by atoms with Gasteiger partial charge in [0, 0.05) is 12.1 Å². The second-order valence-electron chi connectivity index (χ2n) is 5.65. The minimum Gasteiger partial charge on any atom is -0.493 e. The highest BCUT2D eigenvalue weighted by molar-refractivity contribution is 8.26. The lowest BCUT2D eigenvalue weighted by Gasteiger charge is -2.14. The fourth-order valence-corrected chi connectivity index (χ4v) is 4.04. The zero-order valence-electron chi connectivity index (χ0n) is 14.6. The van der Waals surface area contributed by atoms with Crippen molar-refractivity contribution < 1.29 is 14.3 Å². The Morgan fingerprint density at radius 1 is 1.08 bits per heavy atom. The van der Waals surface area contributed by atoms with E-state index in [0.29, 0.717) is 27.3 Å². The molecule has 1 saturated heterocycles. The van der Waals surface area contributed by atoms with Crippen LogP contribution in [0.25, 0.3) is 6.08 Å². The topological polar surface area (TPSA) is 38.8 Å². The van der Waals surface area contributed by atoms with Crippen LogP contribution in [0.4, 0.5) is 0 Å². The summed E-state index contributed by atoms with van der Waals surface area (Å²) in [7, 11) is 3.17. The van der Waals surface area contributed by atoms with Gasteiger partial charge in [-0.3, -0.25) is 9.69 Å². The fourth-order valence-electron chi connectivity index (χ4n) is 2.75. The first kappa shape index (κ1) is 18.5. The van der Waals surface area contributed by atoms with Crippen LogP contribution in [-0.2, 0) is 11.2 Å². The third-order valence-corrected chi connectivity index (χ3v) is 5.44. The van der Waals surface area contributed by atoms with Gasteiger partial charge in [0.05, 0.1) is 19.1 Å². The van der Waals surface area contributed by atoms with Gasteiger partial charge < -0.3 is 9.47 Å². The summed E-state index contributed by atoms with van der Waals surface area (Å²) in [5.74, 6) is 1.16. The first-order valence-corrected chi connectivity index (χ1v) is 9.37. The lowest BCUT2D eigenvalue weighted by molar-refractivity contribution is -0.122. The molecule has 26 heavy (non-hydrogen) atoms. The molecule has 0 aliphatic carbocycles. The Morgan fingerprint density at radius 2 is 1.85 bits per heavy atom. The molecule has 4 nitrogen and oxygen atoms in total. The van der Waals surface area contributed by atoms with Crippen molar-refractivity contribution in [2.45, 2.75) is 6.42 Å².